The maximum atomic E-state index is 15.6. The summed E-state index contributed by atoms with van der Waals surface area (Å²) in [4.78, 5) is 15.6. The maximum Gasteiger partial charge on any atom is 0.193 e. The lowest BCUT2D eigenvalue weighted by Crippen LogP contribution is -2.04. The first-order valence-electron chi connectivity index (χ1n) is 21.4. The van der Waals surface area contributed by atoms with Crippen molar-refractivity contribution in [3.63, 3.8) is 0 Å². The van der Waals surface area contributed by atoms with Crippen LogP contribution in [0.15, 0.2) is 243 Å². The van der Waals surface area contributed by atoms with Gasteiger partial charge in [0.1, 0.15) is 0 Å². The number of carbonyl (C=O) groups excluding carboxylic acids is 1. The molecule has 0 saturated carbocycles. The molecule has 0 aliphatic heterocycles. The zero-order valence-electron chi connectivity index (χ0n) is 34.4. The van der Waals surface area contributed by atoms with Crippen LogP contribution in [0.3, 0.4) is 0 Å². The second kappa shape index (κ2) is 17.4. The Hall–Kier alpha value is -7.87. The predicted octanol–water partition coefficient (Wildman–Crippen LogP) is 16.3. The van der Waals surface area contributed by atoms with Crippen LogP contribution < -0.4 is 0 Å². The molecular formula is C61H44O. The quantitative estimate of drug-likeness (QED) is 0.126. The van der Waals surface area contributed by atoms with Crippen molar-refractivity contribution < 1.29 is 4.79 Å². The third-order valence-electron chi connectivity index (χ3n) is 11.9. The van der Waals surface area contributed by atoms with E-state index in [4.69, 9.17) is 0 Å². The fourth-order valence-electron chi connectivity index (χ4n) is 8.92. The summed E-state index contributed by atoms with van der Waals surface area (Å²) in [6, 6.07) is 78.6. The van der Waals surface area contributed by atoms with Gasteiger partial charge in [-0.2, -0.15) is 0 Å². The van der Waals surface area contributed by atoms with Crippen molar-refractivity contribution in [2.75, 3.05) is 0 Å². The van der Waals surface area contributed by atoms with Gasteiger partial charge in [-0.3, -0.25) is 4.79 Å². The molecule has 10 rings (SSSR count). The number of carbonyl (C=O) groups is 1. The SMILES string of the molecule is O=C(c1cc(-c2ccccc2C2=CCCC=C2)cc(-c2ccccc2-c2ccccc2)c1)c1cc(-c2ccccc2-c2ccccc2)cc(-c2ccccc2-c2ccccc2)c1. The summed E-state index contributed by atoms with van der Waals surface area (Å²) in [5.41, 5.74) is 18.7. The van der Waals surface area contributed by atoms with Crippen LogP contribution in [0, 0.1) is 0 Å². The first-order valence-corrected chi connectivity index (χ1v) is 21.4. The summed E-state index contributed by atoms with van der Waals surface area (Å²) >= 11 is 0. The highest BCUT2D eigenvalue weighted by atomic mass is 16.1. The number of allylic oxidation sites excluding steroid dienone is 4. The Morgan fingerprint density at radius 1 is 0.290 bits per heavy atom. The van der Waals surface area contributed by atoms with Gasteiger partial charge in [-0.25, -0.2) is 0 Å². The van der Waals surface area contributed by atoms with Gasteiger partial charge in [-0.1, -0.05) is 206 Å². The van der Waals surface area contributed by atoms with Gasteiger partial charge < -0.3 is 0 Å². The molecule has 0 saturated heterocycles. The van der Waals surface area contributed by atoms with Gasteiger partial charge in [0.15, 0.2) is 5.78 Å². The van der Waals surface area contributed by atoms with E-state index in [0.717, 1.165) is 96.3 Å². The van der Waals surface area contributed by atoms with E-state index in [1.54, 1.807) is 0 Å². The first kappa shape index (κ1) is 38.3. The molecule has 1 nitrogen and oxygen atoms in total. The van der Waals surface area contributed by atoms with Crippen molar-refractivity contribution in [3.05, 3.63) is 259 Å². The van der Waals surface area contributed by atoms with Gasteiger partial charge in [0, 0.05) is 11.1 Å². The molecule has 0 fully saturated rings. The van der Waals surface area contributed by atoms with Crippen LogP contribution >= 0.6 is 0 Å². The Bertz CT molecular complexity index is 3010. The number of benzene rings is 9. The molecule has 1 heteroatoms. The topological polar surface area (TPSA) is 17.1 Å². The highest BCUT2D eigenvalue weighted by molar-refractivity contribution is 6.12. The van der Waals surface area contributed by atoms with Crippen molar-refractivity contribution in [2.24, 2.45) is 0 Å². The van der Waals surface area contributed by atoms with Crippen LogP contribution in [-0.4, -0.2) is 5.78 Å². The molecule has 0 unspecified atom stereocenters. The van der Waals surface area contributed by atoms with Crippen molar-refractivity contribution in [1.82, 2.24) is 0 Å². The van der Waals surface area contributed by atoms with Gasteiger partial charge in [0.25, 0.3) is 0 Å². The van der Waals surface area contributed by atoms with Crippen molar-refractivity contribution in [2.45, 2.75) is 12.8 Å². The molecule has 62 heavy (non-hydrogen) atoms. The molecule has 0 amide bonds. The van der Waals surface area contributed by atoms with Crippen LogP contribution in [0.25, 0.3) is 83.5 Å². The first-order chi connectivity index (χ1) is 30.7. The van der Waals surface area contributed by atoms with Crippen LogP contribution in [0.2, 0.25) is 0 Å². The molecule has 1 aliphatic rings. The number of hydrogen-bond donors (Lipinski definition) is 0. The molecule has 0 bridgehead atoms. The third-order valence-corrected chi connectivity index (χ3v) is 11.9. The Kier molecular flexibility index (Phi) is 10.8. The standard InChI is InChI=1S/C61H44O/c62-61(51-39-47(57-33-17-13-29-53(57)43-21-5-1-6-22-43)37-48(40-51)58-34-18-14-30-54(58)44-23-7-2-8-24-44)52-41-49(59-35-19-15-31-55(59)45-25-9-3-10-26-45)38-50(42-52)60-36-20-16-32-56(60)46-27-11-4-12-28-46/h1-3,5-11,13-42H,4,12H2. The van der Waals surface area contributed by atoms with E-state index in [0.29, 0.717) is 11.1 Å². The van der Waals surface area contributed by atoms with Crippen molar-refractivity contribution in [1.29, 1.82) is 0 Å². The minimum Gasteiger partial charge on any atom is -0.289 e. The Morgan fingerprint density at radius 3 is 0.903 bits per heavy atom. The van der Waals surface area contributed by atoms with Gasteiger partial charge in [0.2, 0.25) is 0 Å². The fourth-order valence-corrected chi connectivity index (χ4v) is 8.92. The third kappa shape index (κ3) is 7.81. The molecule has 0 atom stereocenters. The number of ketones is 1. The lowest BCUT2D eigenvalue weighted by Gasteiger charge is -2.18. The highest BCUT2D eigenvalue weighted by Gasteiger charge is 2.20. The summed E-state index contributed by atoms with van der Waals surface area (Å²) in [7, 11) is 0. The molecule has 0 aromatic heterocycles. The molecule has 9 aromatic rings. The second-order valence-corrected chi connectivity index (χ2v) is 15.8. The summed E-state index contributed by atoms with van der Waals surface area (Å²) < 4.78 is 0. The van der Waals surface area contributed by atoms with Gasteiger partial charge in [0.05, 0.1) is 0 Å². The van der Waals surface area contributed by atoms with E-state index in [1.807, 2.05) is 18.2 Å². The minimum absolute atomic E-state index is 0.0305. The van der Waals surface area contributed by atoms with Crippen LogP contribution in [0.4, 0.5) is 0 Å². The van der Waals surface area contributed by atoms with Gasteiger partial charge >= 0.3 is 0 Å². The van der Waals surface area contributed by atoms with E-state index in [-0.39, 0.29) is 5.78 Å². The molecule has 1 aliphatic carbocycles. The van der Waals surface area contributed by atoms with Crippen LogP contribution in [0.5, 0.6) is 0 Å². The zero-order chi connectivity index (χ0) is 41.7. The minimum atomic E-state index is -0.0305. The zero-order valence-corrected chi connectivity index (χ0v) is 34.4. The van der Waals surface area contributed by atoms with E-state index >= 15 is 4.79 Å². The molecule has 0 heterocycles. The van der Waals surface area contributed by atoms with Crippen molar-refractivity contribution >= 4 is 11.4 Å². The van der Waals surface area contributed by atoms with Crippen LogP contribution in [-0.2, 0) is 0 Å². The summed E-state index contributed by atoms with van der Waals surface area (Å²) in [5.74, 6) is -0.0305. The Balaban J connectivity index is 1.20. The smallest absolute Gasteiger partial charge is 0.193 e. The van der Waals surface area contributed by atoms with E-state index in [9.17, 15) is 0 Å². The fraction of sp³-hybridized carbons (Fsp3) is 0.0328. The molecule has 0 N–H and O–H groups in total. The predicted molar refractivity (Wildman–Crippen MR) is 261 cm³/mol. The van der Waals surface area contributed by atoms with E-state index < -0.39 is 0 Å². The molecule has 9 aromatic carbocycles. The lowest BCUT2D eigenvalue weighted by atomic mass is 9.85. The number of rotatable bonds is 10. The summed E-state index contributed by atoms with van der Waals surface area (Å²) in [6.07, 6.45) is 8.87. The maximum absolute atomic E-state index is 15.6. The molecule has 0 radical (unpaired) electrons. The largest absolute Gasteiger partial charge is 0.289 e. The summed E-state index contributed by atoms with van der Waals surface area (Å²) in [6.45, 7) is 0. The van der Waals surface area contributed by atoms with Gasteiger partial charge in [-0.05, 0) is 138 Å². The van der Waals surface area contributed by atoms with Crippen LogP contribution in [0.1, 0.15) is 34.3 Å². The normalized spacial score (nSPS) is 12.2. The highest BCUT2D eigenvalue weighted by Crippen LogP contribution is 2.41. The number of hydrogen-bond acceptors (Lipinski definition) is 1. The summed E-state index contributed by atoms with van der Waals surface area (Å²) in [5, 5.41) is 0. The van der Waals surface area contributed by atoms with E-state index in [1.165, 1.54) is 5.57 Å². The van der Waals surface area contributed by atoms with Gasteiger partial charge in [-0.15, -0.1) is 0 Å². The Labute approximate surface area is 364 Å². The second-order valence-electron chi connectivity index (χ2n) is 15.8. The average Bonchev–Trinajstić information content (AvgIpc) is 3.37. The Morgan fingerprint density at radius 2 is 0.581 bits per heavy atom. The van der Waals surface area contributed by atoms with E-state index in [2.05, 4.69) is 224 Å². The monoisotopic (exact) mass is 792 g/mol. The lowest BCUT2D eigenvalue weighted by molar-refractivity contribution is 0.103. The molecule has 0 spiro atoms. The average molecular weight is 793 g/mol. The molecule has 294 valence electrons. The van der Waals surface area contributed by atoms with Crippen molar-refractivity contribution in [3.8, 4) is 77.9 Å². The molecular weight excluding hydrogens is 749 g/mol.